The van der Waals surface area contributed by atoms with Crippen molar-refractivity contribution in [2.75, 3.05) is 72.0 Å². The van der Waals surface area contributed by atoms with Crippen LogP contribution in [0.5, 0.6) is 0 Å². The van der Waals surface area contributed by atoms with Gasteiger partial charge >= 0.3 is 0 Å². The molecule has 0 radical (unpaired) electrons. The predicted molar refractivity (Wildman–Crippen MR) is 468 cm³/mol. The molecule has 127 heavy (non-hydrogen) atoms. The van der Waals surface area contributed by atoms with Crippen molar-refractivity contribution in [2.24, 2.45) is 23.1 Å². The number of hydrogen-bond donors (Lipinski definition) is 21. The van der Waals surface area contributed by atoms with Crippen LogP contribution in [0.25, 0.3) is 21.8 Å². The minimum Gasteiger partial charge on any atom is -0.394 e. The summed E-state index contributed by atoms with van der Waals surface area (Å²) in [6.07, 6.45) is 3.83. The number of thioether (sulfide) groups is 1. The van der Waals surface area contributed by atoms with Gasteiger partial charge in [-0.15, -0.1) is 11.8 Å². The number of carbonyl (C=O) groups excluding carboxylic acids is 16. The number of likely N-dealkylation sites (N-methyl/N-ethyl adjacent to an activating group) is 3. The zero-order valence-electron chi connectivity index (χ0n) is 72.0. The van der Waals surface area contributed by atoms with E-state index in [0.717, 1.165) is 31.4 Å². The number of benzene rings is 3. The van der Waals surface area contributed by atoms with Gasteiger partial charge in [-0.2, -0.15) is 0 Å². The molecular formula is C84H118N24O18S. The van der Waals surface area contributed by atoms with Crippen LogP contribution in [-0.4, -0.2) is 301 Å². The van der Waals surface area contributed by atoms with Crippen molar-refractivity contribution in [3.8, 4) is 0 Å². The van der Waals surface area contributed by atoms with Crippen molar-refractivity contribution in [3.05, 3.63) is 126 Å². The van der Waals surface area contributed by atoms with Gasteiger partial charge < -0.3 is 120 Å². The van der Waals surface area contributed by atoms with Crippen molar-refractivity contribution in [1.29, 1.82) is 5.41 Å². The molecule has 5 heterocycles. The first-order valence-electron chi connectivity index (χ1n) is 42.0. The van der Waals surface area contributed by atoms with Gasteiger partial charge in [0.2, 0.25) is 94.5 Å². The van der Waals surface area contributed by atoms with E-state index < -0.39 is 223 Å². The third kappa shape index (κ3) is 29.3. The molecule has 0 bridgehead atoms. The number of aromatic nitrogens is 4. The predicted octanol–water partition coefficient (Wildman–Crippen LogP) is -4.25. The highest BCUT2D eigenvalue weighted by Crippen LogP contribution is 2.25. The van der Waals surface area contributed by atoms with E-state index in [1.165, 1.54) is 40.6 Å². The number of aliphatic hydroxyl groups is 2. The van der Waals surface area contributed by atoms with Crippen LogP contribution < -0.4 is 81.0 Å². The second-order valence-electron chi connectivity index (χ2n) is 31.9. The smallest absolute Gasteiger partial charge is 0.246 e. The van der Waals surface area contributed by atoms with Gasteiger partial charge in [-0.25, -0.2) is 4.98 Å². The lowest BCUT2D eigenvalue weighted by atomic mass is 10.0. The van der Waals surface area contributed by atoms with Crippen molar-refractivity contribution in [1.82, 2.24) is 103 Å². The number of H-pyrrole nitrogens is 3. The van der Waals surface area contributed by atoms with Gasteiger partial charge in [0, 0.05) is 112 Å². The lowest BCUT2D eigenvalue weighted by molar-refractivity contribution is -0.145. The number of imidazole rings is 1. The number of aliphatic hydroxyl groups excluding tert-OH is 2. The number of unbranched alkanes of at least 4 members (excludes halogenated alkanes) is 1. The number of nitrogens with zero attached hydrogens (tertiary/aromatic N) is 5. The summed E-state index contributed by atoms with van der Waals surface area (Å²) in [4.78, 5) is 248. The fourth-order valence-corrected chi connectivity index (χ4v) is 15.8. The summed E-state index contributed by atoms with van der Waals surface area (Å²) in [5.74, 6) is -16.5. The number of carbonyl (C=O) groups is 16. The normalized spacial score (nSPS) is 23.8. The number of para-hydroxylation sites is 2. The van der Waals surface area contributed by atoms with Crippen LogP contribution in [0.4, 0.5) is 0 Å². The van der Waals surface area contributed by atoms with Crippen LogP contribution in [-0.2, 0) is 102 Å². The van der Waals surface area contributed by atoms with Gasteiger partial charge in [-0.05, 0) is 80.2 Å². The van der Waals surface area contributed by atoms with E-state index in [2.05, 4.69) is 83.7 Å². The number of fused-ring (bicyclic) bond motifs is 3. The molecule has 2 saturated heterocycles. The number of guanidine groups is 1. The topological polar surface area (TPSA) is 633 Å². The van der Waals surface area contributed by atoms with E-state index in [1.54, 1.807) is 105 Å². The summed E-state index contributed by atoms with van der Waals surface area (Å²) >= 11 is 0.786. The Labute approximate surface area is 737 Å². The molecule has 43 heteroatoms. The van der Waals surface area contributed by atoms with Crippen molar-refractivity contribution in [2.45, 2.75) is 190 Å². The van der Waals surface area contributed by atoms with Crippen LogP contribution >= 0.6 is 11.8 Å². The molecule has 13 atom stereocenters. The second-order valence-corrected chi connectivity index (χ2v) is 33.0. The SMILES string of the molecule is CCCC[C@H]1C(=O)N[C@@H](CCCNC(=N)N)C(=O)N[C@H](C(=O)NCC(N)=O)CSCC(=O)NC(Cc2ccccc2)C(=O)N(C)[C@@H](C)C(=O)N[C@@H](CC(N)=O)C(=O)N2CCC[C@H]2C(=O)N[C@@H](Cc2cnc[nH]2)C(=O)N[C@@H](CC(C)C)C(=O)N(C)CC(=O)N[C@@H](Cc2c[nH]c3ccccc23)C(=O)N[C@@H](CO)C(=O)N[C@@H](Cc2c[nH]c3ccccc23)N[C@@H](CO)C(=O)N1C. The number of aromatic amines is 3. The molecule has 688 valence electrons. The molecule has 3 aromatic heterocycles. The first-order valence-corrected chi connectivity index (χ1v) is 43.1. The largest absolute Gasteiger partial charge is 0.394 e. The van der Waals surface area contributed by atoms with E-state index in [9.17, 15) is 77.3 Å². The highest BCUT2D eigenvalue weighted by atomic mass is 32.2. The van der Waals surface area contributed by atoms with Crippen molar-refractivity contribution in [3.63, 3.8) is 0 Å². The quantitative estimate of drug-likeness (QED) is 0.0155. The molecule has 2 aliphatic rings. The number of rotatable bonds is 24. The molecule has 2 aliphatic heterocycles. The summed E-state index contributed by atoms with van der Waals surface area (Å²) in [6, 6.07) is 4.19. The Morgan fingerprint density at radius 1 is 0.575 bits per heavy atom. The maximum atomic E-state index is 15.1. The molecule has 16 amide bonds. The Balaban J connectivity index is 1.16. The van der Waals surface area contributed by atoms with E-state index >= 15 is 9.59 Å². The molecule has 2 fully saturated rings. The number of hydrogen-bond acceptors (Lipinski definition) is 22. The molecule has 0 saturated carbocycles. The monoisotopic (exact) mass is 1780 g/mol. The average Bonchev–Trinajstić information content (AvgIpc) is 1.68. The molecule has 3 aromatic carbocycles. The molecule has 0 aliphatic carbocycles. The molecule has 24 N–H and O–H groups in total. The molecule has 8 rings (SSSR count). The van der Waals surface area contributed by atoms with Crippen LogP contribution in [0.2, 0.25) is 0 Å². The Bertz CT molecular complexity index is 4860. The molecular weight excluding hydrogens is 1670 g/mol. The maximum absolute atomic E-state index is 15.1. The van der Waals surface area contributed by atoms with E-state index in [0.29, 0.717) is 57.0 Å². The molecule has 42 nitrogen and oxygen atoms in total. The van der Waals surface area contributed by atoms with Crippen LogP contribution in [0.15, 0.2) is 104 Å². The maximum Gasteiger partial charge on any atom is 0.246 e. The van der Waals surface area contributed by atoms with Crippen LogP contribution in [0, 0.1) is 11.3 Å². The third-order valence-electron chi connectivity index (χ3n) is 21.8. The second kappa shape index (κ2) is 48.5. The summed E-state index contributed by atoms with van der Waals surface area (Å²) in [6.45, 7) is 3.10. The Morgan fingerprint density at radius 3 is 1.77 bits per heavy atom. The van der Waals surface area contributed by atoms with E-state index in [4.69, 9.17) is 22.6 Å². The number of nitrogens with two attached hydrogens (primary N) is 3. The standard InChI is InChI=1S/C84H118N24O18S/c1-8-9-26-65-78(121)98-56(25-17-28-90-84(87)88)74(117)103-64(73(116)93-39-68(86)112)43-127-44-71(114)97-60(31-48-19-11-10-12-20-48)81(124)106(6)47(4)72(115)100-61(35-67(85)111)83(126)108-29-18-27-66(108)79(122)99-58(34-51-38-89-45-94-51)76(119)101-59(30-46(2)3)80(123)105(5)40-70(113)96-57(32-49-36-91-54-23-15-13-21-52(49)54)75(118)102-62(41-109)77(120)104-69(95-63(42-110)82(125)107(65)7)33-50-37-92-55-24-16-14-22-53(50)55/h10-16,19-24,36-38,45-47,56-66,69,91-92,95,109-110H,8-9,17-18,25-35,39-44H2,1-7H3,(H2,85,111)(H2,86,112)(H,89,94)(H,93,116)(H,96,113)(H,97,114)(H,98,121)(H,99,122)(H,100,115)(H,101,119)(H,102,118)(H,103,117)(H,104,120)(H4,87,88,90)/t47-,56-,57-,58-,59-,60?,61-,62-,63-,64-,65-,66-,69-/m0/s1. The molecule has 1 unspecified atom stereocenters. The van der Waals surface area contributed by atoms with Gasteiger partial charge in [0.05, 0.1) is 51.0 Å². The summed E-state index contributed by atoms with van der Waals surface area (Å²) in [5, 5.41) is 63.4. The first kappa shape index (κ1) is 99.4. The zero-order chi connectivity index (χ0) is 92.7. The lowest BCUT2D eigenvalue weighted by Gasteiger charge is -2.33. The van der Waals surface area contributed by atoms with Gasteiger partial charge in [0.15, 0.2) is 5.96 Å². The summed E-state index contributed by atoms with van der Waals surface area (Å²) in [5.41, 5.74) is 20.0. The van der Waals surface area contributed by atoms with Crippen molar-refractivity contribution < 1.29 is 86.9 Å². The highest BCUT2D eigenvalue weighted by molar-refractivity contribution is 8.00. The highest BCUT2D eigenvalue weighted by Gasteiger charge is 2.43. The number of nitrogens with one attached hydrogen (secondary N) is 16. The van der Waals surface area contributed by atoms with Crippen LogP contribution in [0.3, 0.4) is 0 Å². The van der Waals surface area contributed by atoms with Crippen LogP contribution in [0.1, 0.15) is 108 Å². The van der Waals surface area contributed by atoms with Gasteiger partial charge in [-0.1, -0.05) is 100 Å². The van der Waals surface area contributed by atoms with Gasteiger partial charge in [-0.3, -0.25) is 87.4 Å². The summed E-state index contributed by atoms with van der Waals surface area (Å²) in [7, 11) is 3.81. The number of primary amides is 2. The number of amides is 16. The Morgan fingerprint density at radius 2 is 1.16 bits per heavy atom. The first-order chi connectivity index (χ1) is 60.6. The molecule has 6 aromatic rings. The molecule has 0 spiro atoms. The Kier molecular flexibility index (Phi) is 37.9. The lowest BCUT2D eigenvalue weighted by Crippen LogP contribution is -2.62. The average molecular weight is 1780 g/mol. The minimum atomic E-state index is -1.81. The van der Waals surface area contributed by atoms with Gasteiger partial charge in [0.1, 0.15) is 72.5 Å². The Hall–Kier alpha value is -13.0. The fraction of sp³-hybridized carbons (Fsp3) is 0.500. The van der Waals surface area contributed by atoms with E-state index in [1.807, 2.05) is 6.92 Å². The van der Waals surface area contributed by atoms with E-state index in [-0.39, 0.29) is 83.2 Å². The zero-order valence-corrected chi connectivity index (χ0v) is 72.9. The van der Waals surface area contributed by atoms with Crippen molar-refractivity contribution >= 4 is 134 Å². The third-order valence-corrected chi connectivity index (χ3v) is 22.8. The summed E-state index contributed by atoms with van der Waals surface area (Å²) < 4.78 is 0. The minimum absolute atomic E-state index is 0.00668. The fourth-order valence-electron chi connectivity index (χ4n) is 14.9. The van der Waals surface area contributed by atoms with Gasteiger partial charge in [0.25, 0.3) is 0 Å².